The van der Waals surface area contributed by atoms with Gasteiger partial charge in [0, 0.05) is 29.4 Å². The number of fused-ring (bicyclic) bond motifs is 1. The molecule has 1 saturated carbocycles. The van der Waals surface area contributed by atoms with E-state index in [1.807, 2.05) is 18.2 Å². The van der Waals surface area contributed by atoms with E-state index in [2.05, 4.69) is 41.8 Å². The van der Waals surface area contributed by atoms with Gasteiger partial charge in [-0.2, -0.15) is 0 Å². The molecule has 1 unspecified atom stereocenters. The van der Waals surface area contributed by atoms with E-state index in [1.54, 1.807) is 7.11 Å². The second-order valence-electron chi connectivity index (χ2n) is 8.26. The maximum atomic E-state index is 12.0. The first-order valence-electron chi connectivity index (χ1n) is 11.0. The van der Waals surface area contributed by atoms with Crippen molar-refractivity contribution in [3.8, 4) is 5.75 Å². The Morgan fingerprint density at radius 3 is 2.57 bits per heavy atom. The first kappa shape index (κ1) is 20.3. The first-order chi connectivity index (χ1) is 14.6. The van der Waals surface area contributed by atoms with Crippen LogP contribution in [0.1, 0.15) is 61.6 Å². The van der Waals surface area contributed by atoms with Gasteiger partial charge in [-0.1, -0.05) is 38.0 Å². The number of nitrogens with two attached hydrogens (primary N) is 1. The van der Waals surface area contributed by atoms with Crippen LogP contribution in [0, 0.1) is 5.92 Å². The molecular formula is C25H31N3O2. The molecule has 0 radical (unpaired) electrons. The maximum Gasteiger partial charge on any atom is 0.319 e. The molecule has 30 heavy (non-hydrogen) atoms. The van der Waals surface area contributed by atoms with Crippen molar-refractivity contribution in [2.24, 2.45) is 11.7 Å². The van der Waals surface area contributed by atoms with E-state index in [0.717, 1.165) is 41.1 Å². The van der Waals surface area contributed by atoms with Gasteiger partial charge in [-0.25, -0.2) is 4.79 Å². The molecule has 2 aliphatic rings. The van der Waals surface area contributed by atoms with Crippen molar-refractivity contribution >= 4 is 23.0 Å². The fourth-order valence-electron chi connectivity index (χ4n) is 4.52. The number of amides is 2. The lowest BCUT2D eigenvalue weighted by atomic mass is 9.70. The molecule has 0 aromatic heterocycles. The zero-order valence-electron chi connectivity index (χ0n) is 17.8. The van der Waals surface area contributed by atoms with Crippen molar-refractivity contribution in [1.82, 2.24) is 5.32 Å². The molecule has 2 aromatic carbocycles. The van der Waals surface area contributed by atoms with Crippen LogP contribution < -0.4 is 21.1 Å². The summed E-state index contributed by atoms with van der Waals surface area (Å²) in [5, 5.41) is 5.78. The molecule has 0 saturated heterocycles. The quantitative estimate of drug-likeness (QED) is 0.544. The number of allylic oxidation sites excluding steroid dienone is 1. The van der Waals surface area contributed by atoms with Gasteiger partial charge in [0.1, 0.15) is 5.75 Å². The predicted octanol–water partition coefficient (Wildman–Crippen LogP) is 5.34. The zero-order valence-corrected chi connectivity index (χ0v) is 17.8. The number of hydrogen-bond acceptors (Lipinski definition) is 3. The van der Waals surface area contributed by atoms with Crippen molar-refractivity contribution in [3.63, 3.8) is 0 Å². The Hall–Kier alpha value is -2.95. The van der Waals surface area contributed by atoms with Crippen molar-refractivity contribution in [3.05, 3.63) is 59.2 Å². The summed E-state index contributed by atoms with van der Waals surface area (Å²) in [4.78, 5) is 12.0. The maximum absolute atomic E-state index is 12.0. The number of unbranched alkanes of at least 4 members (excludes halogenated alkanes) is 1. The number of hydrogen-bond donors (Lipinski definition) is 3. The number of methoxy groups -OCH3 is 1. The highest BCUT2D eigenvalue weighted by Crippen LogP contribution is 2.54. The molecule has 2 aliphatic carbocycles. The minimum absolute atomic E-state index is 0.164. The number of rotatable bonds is 7. The third-order valence-electron chi connectivity index (χ3n) is 6.38. The molecule has 0 heterocycles. The summed E-state index contributed by atoms with van der Waals surface area (Å²) in [5.74, 6) is 1.80. The number of benzene rings is 2. The molecule has 5 nitrogen and oxygen atoms in total. The molecule has 0 aliphatic heterocycles. The highest BCUT2D eigenvalue weighted by atomic mass is 16.5. The van der Waals surface area contributed by atoms with Gasteiger partial charge in [0.05, 0.1) is 7.11 Å². The average molecular weight is 406 g/mol. The second kappa shape index (κ2) is 8.82. The van der Waals surface area contributed by atoms with Crippen LogP contribution in [0.25, 0.3) is 11.3 Å². The molecule has 5 heteroatoms. The van der Waals surface area contributed by atoms with Crippen molar-refractivity contribution < 1.29 is 9.53 Å². The molecule has 158 valence electrons. The molecule has 1 fully saturated rings. The number of urea groups is 1. The van der Waals surface area contributed by atoms with E-state index >= 15 is 0 Å². The Balaban J connectivity index is 1.58. The van der Waals surface area contributed by atoms with E-state index in [4.69, 9.17) is 10.5 Å². The third-order valence-corrected chi connectivity index (χ3v) is 6.38. The second-order valence-corrected chi connectivity index (χ2v) is 8.26. The van der Waals surface area contributed by atoms with Gasteiger partial charge < -0.3 is 21.1 Å². The largest absolute Gasteiger partial charge is 0.497 e. The summed E-state index contributed by atoms with van der Waals surface area (Å²) in [7, 11) is 1.69. The summed E-state index contributed by atoms with van der Waals surface area (Å²) in [6.45, 7) is 2.79. The number of carbonyl (C=O) groups excluding carboxylic acids is 1. The standard InChI is InChI=1S/C25H31N3O2/c1-3-4-14-27-25(29)28-18-10-8-17(9-11-18)23-22(16-6-5-7-16)20-13-12-19(30-2)15-21(20)24(23)26/h8-13,15-16,22H,3-7,14,26H2,1-2H3,(H2,27,28,29). The van der Waals surface area contributed by atoms with Gasteiger partial charge in [-0.05, 0) is 66.1 Å². The van der Waals surface area contributed by atoms with Crippen molar-refractivity contribution in [1.29, 1.82) is 0 Å². The SMILES string of the molecule is CCCCNC(=O)Nc1ccc(C2=C(N)c3cc(OC)ccc3C2C2CCC2)cc1. The fraction of sp³-hybridized carbons (Fsp3) is 0.400. The van der Waals surface area contributed by atoms with Gasteiger partial charge in [0.25, 0.3) is 0 Å². The minimum atomic E-state index is -0.164. The number of nitrogens with one attached hydrogen (secondary N) is 2. The molecule has 4 N–H and O–H groups in total. The molecule has 2 aromatic rings. The van der Waals surface area contributed by atoms with Gasteiger partial charge in [0.15, 0.2) is 0 Å². The summed E-state index contributed by atoms with van der Waals surface area (Å²) < 4.78 is 5.43. The minimum Gasteiger partial charge on any atom is -0.497 e. The van der Waals surface area contributed by atoms with Crippen LogP contribution in [0.15, 0.2) is 42.5 Å². The molecule has 0 bridgehead atoms. The normalized spacial score (nSPS) is 18.0. The lowest BCUT2D eigenvalue weighted by Crippen LogP contribution is -2.29. The first-order valence-corrected chi connectivity index (χ1v) is 11.0. The highest BCUT2D eigenvalue weighted by Gasteiger charge is 2.38. The van der Waals surface area contributed by atoms with Crippen LogP contribution in [0.2, 0.25) is 0 Å². The summed E-state index contributed by atoms with van der Waals surface area (Å²) in [5.41, 5.74) is 13.1. The Morgan fingerprint density at radius 1 is 1.17 bits per heavy atom. The van der Waals surface area contributed by atoms with Gasteiger partial charge in [-0.15, -0.1) is 0 Å². The Labute approximate surface area is 178 Å². The fourth-order valence-corrected chi connectivity index (χ4v) is 4.52. The van der Waals surface area contributed by atoms with Crippen molar-refractivity contribution in [2.75, 3.05) is 19.0 Å². The third kappa shape index (κ3) is 3.89. The lowest BCUT2D eigenvalue weighted by Gasteiger charge is -2.34. The van der Waals surface area contributed by atoms with E-state index in [-0.39, 0.29) is 6.03 Å². The highest BCUT2D eigenvalue weighted by molar-refractivity contribution is 5.99. The van der Waals surface area contributed by atoms with Crippen LogP contribution in [-0.4, -0.2) is 19.7 Å². The molecular weight excluding hydrogens is 374 g/mol. The Bertz CT molecular complexity index is 945. The van der Waals surface area contributed by atoms with Gasteiger partial charge >= 0.3 is 6.03 Å². The number of ether oxygens (including phenoxy) is 1. The topological polar surface area (TPSA) is 76.4 Å². The zero-order chi connectivity index (χ0) is 21.1. The van der Waals surface area contributed by atoms with E-state index in [1.165, 1.54) is 30.4 Å². The number of carbonyl (C=O) groups is 1. The van der Waals surface area contributed by atoms with Gasteiger partial charge in [-0.3, -0.25) is 0 Å². The summed E-state index contributed by atoms with van der Waals surface area (Å²) >= 11 is 0. The van der Waals surface area contributed by atoms with E-state index in [9.17, 15) is 4.79 Å². The predicted molar refractivity (Wildman–Crippen MR) is 122 cm³/mol. The molecule has 1 atom stereocenters. The number of anilines is 1. The van der Waals surface area contributed by atoms with Crippen LogP contribution in [-0.2, 0) is 0 Å². The van der Waals surface area contributed by atoms with Crippen LogP contribution in [0.4, 0.5) is 10.5 Å². The van der Waals surface area contributed by atoms with Crippen LogP contribution in [0.3, 0.4) is 0 Å². The van der Waals surface area contributed by atoms with Crippen molar-refractivity contribution in [2.45, 2.75) is 44.9 Å². The Kier molecular flexibility index (Phi) is 5.98. The molecule has 2 amide bonds. The molecule has 4 rings (SSSR count). The average Bonchev–Trinajstić information content (AvgIpc) is 2.99. The monoisotopic (exact) mass is 405 g/mol. The van der Waals surface area contributed by atoms with Gasteiger partial charge in [0.2, 0.25) is 0 Å². The van der Waals surface area contributed by atoms with E-state index in [0.29, 0.717) is 18.4 Å². The van der Waals surface area contributed by atoms with Crippen LogP contribution in [0.5, 0.6) is 5.75 Å². The molecule has 0 spiro atoms. The van der Waals surface area contributed by atoms with E-state index < -0.39 is 0 Å². The smallest absolute Gasteiger partial charge is 0.319 e. The lowest BCUT2D eigenvalue weighted by molar-refractivity contribution is 0.252. The van der Waals surface area contributed by atoms with Crippen LogP contribution >= 0.6 is 0 Å². The summed E-state index contributed by atoms with van der Waals surface area (Å²) in [6, 6.07) is 14.1. The Morgan fingerprint density at radius 2 is 1.93 bits per heavy atom. The summed E-state index contributed by atoms with van der Waals surface area (Å²) in [6.07, 6.45) is 5.81.